The van der Waals surface area contributed by atoms with Crippen LogP contribution >= 0.6 is 0 Å². The largest absolute Gasteiger partial charge is 0.388 e. The Hall–Kier alpha value is -0.960. The predicted molar refractivity (Wildman–Crippen MR) is 78.5 cm³/mol. The van der Waals surface area contributed by atoms with Gasteiger partial charge in [0.25, 0.3) is 0 Å². The molecule has 0 saturated heterocycles. The summed E-state index contributed by atoms with van der Waals surface area (Å²) in [6, 6.07) is 3.96. The van der Waals surface area contributed by atoms with Crippen LogP contribution in [0.1, 0.15) is 76.4 Å². The van der Waals surface area contributed by atoms with Gasteiger partial charge < -0.3 is 5.11 Å². The highest BCUT2D eigenvalue weighted by Crippen LogP contribution is 2.24. The minimum atomic E-state index is -0.917. The number of benzene rings is 1. The second-order valence-corrected chi connectivity index (χ2v) is 5.42. The van der Waals surface area contributed by atoms with E-state index in [1.54, 1.807) is 0 Å². The second kappa shape index (κ2) is 9.87. The third kappa shape index (κ3) is 6.00. The van der Waals surface area contributed by atoms with E-state index in [1.165, 1.54) is 44.2 Å². The molecule has 0 bridgehead atoms. The Morgan fingerprint density at radius 1 is 0.950 bits per heavy atom. The van der Waals surface area contributed by atoms with Gasteiger partial charge in [0.1, 0.15) is 0 Å². The molecule has 1 N–H and O–H groups in total. The first-order chi connectivity index (χ1) is 9.66. The first-order valence-corrected chi connectivity index (χ1v) is 7.78. The number of hydrogen-bond acceptors (Lipinski definition) is 1. The van der Waals surface area contributed by atoms with Crippen molar-refractivity contribution >= 4 is 0 Å². The molecular weight excluding hydrogens is 258 g/mol. The molecule has 0 radical (unpaired) electrons. The fourth-order valence-electron chi connectivity index (χ4n) is 2.40. The molecule has 1 unspecified atom stereocenters. The quantitative estimate of drug-likeness (QED) is 0.560. The molecule has 0 fully saturated rings. The number of unbranched alkanes of at least 4 members (excludes halogenated alkanes) is 7. The van der Waals surface area contributed by atoms with Gasteiger partial charge in [-0.05, 0) is 12.5 Å². The SMILES string of the molecule is CCCCCCCCCCC(O)c1cccc(F)c1F. The summed E-state index contributed by atoms with van der Waals surface area (Å²) in [7, 11) is 0. The van der Waals surface area contributed by atoms with E-state index in [2.05, 4.69) is 6.92 Å². The highest BCUT2D eigenvalue weighted by molar-refractivity contribution is 5.21. The summed E-state index contributed by atoms with van der Waals surface area (Å²) in [5.74, 6) is -1.81. The van der Waals surface area contributed by atoms with Gasteiger partial charge in [-0.25, -0.2) is 8.78 Å². The van der Waals surface area contributed by atoms with Crippen molar-refractivity contribution in [1.29, 1.82) is 0 Å². The monoisotopic (exact) mass is 284 g/mol. The standard InChI is InChI=1S/C17H26F2O/c1-2-3-4-5-6-7-8-9-13-16(20)14-11-10-12-15(18)17(14)19/h10-12,16,20H,2-9,13H2,1H3. The molecule has 0 aromatic heterocycles. The van der Waals surface area contributed by atoms with Crippen molar-refractivity contribution in [3.63, 3.8) is 0 Å². The van der Waals surface area contributed by atoms with E-state index in [0.29, 0.717) is 6.42 Å². The average Bonchev–Trinajstić information content (AvgIpc) is 2.44. The molecular formula is C17H26F2O. The van der Waals surface area contributed by atoms with Crippen LogP contribution < -0.4 is 0 Å². The van der Waals surface area contributed by atoms with Crippen LogP contribution in [0.5, 0.6) is 0 Å². The molecule has 0 aliphatic carbocycles. The normalized spacial score (nSPS) is 12.6. The minimum absolute atomic E-state index is 0.0768. The maximum atomic E-state index is 13.5. The summed E-state index contributed by atoms with van der Waals surface area (Å²) in [6.07, 6.45) is 9.00. The van der Waals surface area contributed by atoms with Gasteiger partial charge in [-0.2, -0.15) is 0 Å². The maximum absolute atomic E-state index is 13.5. The van der Waals surface area contributed by atoms with Crippen LogP contribution in [-0.4, -0.2) is 5.11 Å². The zero-order valence-corrected chi connectivity index (χ0v) is 12.4. The fraction of sp³-hybridized carbons (Fsp3) is 0.647. The number of halogens is 2. The van der Waals surface area contributed by atoms with E-state index in [9.17, 15) is 13.9 Å². The zero-order valence-electron chi connectivity index (χ0n) is 12.4. The summed E-state index contributed by atoms with van der Waals surface area (Å²) in [5.41, 5.74) is 0.0768. The Balaban J connectivity index is 2.17. The van der Waals surface area contributed by atoms with Crippen molar-refractivity contribution in [2.75, 3.05) is 0 Å². The second-order valence-electron chi connectivity index (χ2n) is 5.42. The van der Waals surface area contributed by atoms with Crippen LogP contribution in [0, 0.1) is 11.6 Å². The average molecular weight is 284 g/mol. The third-order valence-electron chi connectivity index (χ3n) is 3.67. The van der Waals surface area contributed by atoms with Gasteiger partial charge in [0.15, 0.2) is 11.6 Å². The highest BCUT2D eigenvalue weighted by atomic mass is 19.2. The Morgan fingerprint density at radius 2 is 1.55 bits per heavy atom. The molecule has 1 rings (SSSR count). The Bertz CT molecular complexity index is 379. The summed E-state index contributed by atoms with van der Waals surface area (Å²) < 4.78 is 26.5. The lowest BCUT2D eigenvalue weighted by Gasteiger charge is -2.12. The Kier molecular flexibility index (Phi) is 8.43. The van der Waals surface area contributed by atoms with E-state index in [1.807, 2.05) is 0 Å². The molecule has 3 heteroatoms. The molecule has 0 heterocycles. The van der Waals surface area contributed by atoms with Crippen molar-refractivity contribution in [3.8, 4) is 0 Å². The molecule has 1 aromatic carbocycles. The number of hydrogen-bond donors (Lipinski definition) is 1. The van der Waals surface area contributed by atoms with Crippen LogP contribution in [0.25, 0.3) is 0 Å². The smallest absolute Gasteiger partial charge is 0.164 e. The van der Waals surface area contributed by atoms with Crippen molar-refractivity contribution in [1.82, 2.24) is 0 Å². The molecule has 1 nitrogen and oxygen atoms in total. The van der Waals surface area contributed by atoms with Crippen LogP contribution in [0.2, 0.25) is 0 Å². The van der Waals surface area contributed by atoms with Gasteiger partial charge in [-0.15, -0.1) is 0 Å². The van der Waals surface area contributed by atoms with E-state index in [-0.39, 0.29) is 5.56 Å². The van der Waals surface area contributed by atoms with E-state index >= 15 is 0 Å². The number of aliphatic hydroxyl groups excluding tert-OH is 1. The molecule has 1 aromatic rings. The van der Waals surface area contributed by atoms with Gasteiger partial charge in [0, 0.05) is 5.56 Å². The van der Waals surface area contributed by atoms with Crippen molar-refractivity contribution in [2.24, 2.45) is 0 Å². The van der Waals surface area contributed by atoms with E-state index in [4.69, 9.17) is 0 Å². The van der Waals surface area contributed by atoms with Crippen LogP contribution in [0.15, 0.2) is 18.2 Å². The molecule has 0 aliphatic rings. The summed E-state index contributed by atoms with van der Waals surface area (Å²) in [4.78, 5) is 0. The van der Waals surface area contributed by atoms with Crippen molar-refractivity contribution < 1.29 is 13.9 Å². The van der Waals surface area contributed by atoms with Crippen molar-refractivity contribution in [2.45, 2.75) is 70.8 Å². The zero-order chi connectivity index (χ0) is 14.8. The lowest BCUT2D eigenvalue weighted by Crippen LogP contribution is -2.02. The number of rotatable bonds is 10. The molecule has 114 valence electrons. The Labute approximate surface area is 121 Å². The molecule has 0 amide bonds. The van der Waals surface area contributed by atoms with Gasteiger partial charge in [-0.1, -0.05) is 70.4 Å². The van der Waals surface area contributed by atoms with Crippen LogP contribution in [-0.2, 0) is 0 Å². The molecule has 0 aliphatic heterocycles. The molecule has 0 spiro atoms. The van der Waals surface area contributed by atoms with E-state index < -0.39 is 17.7 Å². The highest BCUT2D eigenvalue weighted by Gasteiger charge is 2.15. The van der Waals surface area contributed by atoms with Crippen LogP contribution in [0.4, 0.5) is 8.78 Å². The molecule has 1 atom stereocenters. The van der Waals surface area contributed by atoms with Gasteiger partial charge >= 0.3 is 0 Å². The van der Waals surface area contributed by atoms with E-state index in [0.717, 1.165) is 25.3 Å². The van der Waals surface area contributed by atoms with Gasteiger partial charge in [-0.3, -0.25) is 0 Å². The third-order valence-corrected chi connectivity index (χ3v) is 3.67. The van der Waals surface area contributed by atoms with Gasteiger partial charge in [0.05, 0.1) is 6.10 Å². The summed E-state index contributed by atoms with van der Waals surface area (Å²) in [5, 5.41) is 9.89. The lowest BCUT2D eigenvalue weighted by molar-refractivity contribution is 0.157. The lowest BCUT2D eigenvalue weighted by atomic mass is 10.0. The molecule has 20 heavy (non-hydrogen) atoms. The predicted octanol–water partition coefficient (Wildman–Crippen LogP) is 5.53. The first kappa shape index (κ1) is 17.1. The number of aliphatic hydroxyl groups is 1. The topological polar surface area (TPSA) is 20.2 Å². The van der Waals surface area contributed by atoms with Crippen LogP contribution in [0.3, 0.4) is 0 Å². The fourth-order valence-corrected chi connectivity index (χ4v) is 2.40. The first-order valence-electron chi connectivity index (χ1n) is 7.78. The van der Waals surface area contributed by atoms with Crippen molar-refractivity contribution in [3.05, 3.63) is 35.4 Å². The Morgan fingerprint density at radius 3 is 2.20 bits per heavy atom. The summed E-state index contributed by atoms with van der Waals surface area (Å²) >= 11 is 0. The van der Waals surface area contributed by atoms with Gasteiger partial charge in [0.2, 0.25) is 0 Å². The molecule has 0 saturated carbocycles. The minimum Gasteiger partial charge on any atom is -0.388 e. The maximum Gasteiger partial charge on any atom is 0.164 e. The summed E-state index contributed by atoms with van der Waals surface area (Å²) in [6.45, 7) is 2.20.